The number of rotatable bonds is 7. The predicted octanol–water partition coefficient (Wildman–Crippen LogP) is 6.83. The van der Waals surface area contributed by atoms with Crippen LogP contribution in [0.25, 0.3) is 11.1 Å². The summed E-state index contributed by atoms with van der Waals surface area (Å²) in [5.74, 6) is -2.10. The van der Waals surface area contributed by atoms with Crippen LogP contribution in [-0.4, -0.2) is 35.0 Å². The van der Waals surface area contributed by atoms with Crippen LogP contribution in [0.3, 0.4) is 0 Å². The van der Waals surface area contributed by atoms with Gasteiger partial charge in [-0.2, -0.15) is 0 Å². The molecule has 0 saturated heterocycles. The van der Waals surface area contributed by atoms with Gasteiger partial charge < -0.3 is 15.3 Å². The fraction of sp³-hybridized carbons (Fsp3) is 0.231. The molecular weight excluding hydrogens is 478 g/mol. The number of carbonyl (C=O) groups is 2. The molecule has 178 valence electrons. The third-order valence-electron chi connectivity index (χ3n) is 5.80. The van der Waals surface area contributed by atoms with Crippen LogP contribution in [0.15, 0.2) is 54.6 Å². The molecule has 2 atom stereocenters. The first-order valence-electron chi connectivity index (χ1n) is 10.6. The van der Waals surface area contributed by atoms with Crippen molar-refractivity contribution in [2.45, 2.75) is 32.9 Å². The van der Waals surface area contributed by atoms with Gasteiger partial charge in [-0.05, 0) is 73.9 Å². The molecule has 3 aromatic carbocycles. The monoisotopic (exact) mass is 502 g/mol. The number of likely N-dealkylation sites (N-methyl/N-ethyl adjacent to an activating group) is 1. The molecule has 3 aromatic rings. The molecule has 0 aliphatic heterocycles. The van der Waals surface area contributed by atoms with Gasteiger partial charge in [0.25, 0.3) is 5.91 Å². The highest BCUT2D eigenvalue weighted by molar-refractivity contribution is 6.34. The molecule has 2 unspecified atom stereocenters. The fourth-order valence-electron chi connectivity index (χ4n) is 3.49. The first kappa shape index (κ1) is 25.5. The molecule has 0 aliphatic rings. The molecule has 0 aromatic heterocycles. The molecular formula is C26H25Cl2FN2O3. The Kier molecular flexibility index (Phi) is 7.85. The maximum Gasteiger partial charge on any atom is 0.326 e. The second-order valence-electron chi connectivity index (χ2n) is 8.19. The first-order valence-corrected chi connectivity index (χ1v) is 11.4. The van der Waals surface area contributed by atoms with Crippen LogP contribution in [0.1, 0.15) is 41.4 Å². The van der Waals surface area contributed by atoms with Crippen molar-refractivity contribution in [3.63, 3.8) is 0 Å². The summed E-state index contributed by atoms with van der Waals surface area (Å²) in [6.07, 6.45) is 0. The molecule has 0 fully saturated rings. The lowest BCUT2D eigenvalue weighted by Gasteiger charge is -2.22. The maximum atomic E-state index is 14.7. The third-order valence-corrected chi connectivity index (χ3v) is 6.54. The summed E-state index contributed by atoms with van der Waals surface area (Å²) < 4.78 is 14.7. The molecule has 0 saturated carbocycles. The highest BCUT2D eigenvalue weighted by atomic mass is 35.5. The van der Waals surface area contributed by atoms with Gasteiger partial charge in [0.1, 0.15) is 11.9 Å². The molecule has 0 heterocycles. The van der Waals surface area contributed by atoms with E-state index in [0.29, 0.717) is 21.8 Å². The number of amides is 1. The topological polar surface area (TPSA) is 69.6 Å². The van der Waals surface area contributed by atoms with Crippen LogP contribution in [-0.2, 0) is 4.79 Å². The van der Waals surface area contributed by atoms with Crippen molar-refractivity contribution in [2.75, 3.05) is 12.4 Å². The Morgan fingerprint density at radius 1 is 1.00 bits per heavy atom. The Morgan fingerprint density at radius 3 is 2.32 bits per heavy atom. The van der Waals surface area contributed by atoms with Crippen LogP contribution < -0.4 is 5.32 Å². The molecule has 5 nitrogen and oxygen atoms in total. The maximum absolute atomic E-state index is 14.7. The zero-order valence-electron chi connectivity index (χ0n) is 19.2. The zero-order valence-corrected chi connectivity index (χ0v) is 20.7. The Morgan fingerprint density at radius 2 is 1.71 bits per heavy atom. The van der Waals surface area contributed by atoms with Crippen LogP contribution in [0.2, 0.25) is 10.0 Å². The number of nitrogens with one attached hydrogen (secondary N) is 1. The number of anilines is 1. The Bertz CT molecular complexity index is 1250. The van der Waals surface area contributed by atoms with Gasteiger partial charge in [-0.3, -0.25) is 4.79 Å². The van der Waals surface area contributed by atoms with Gasteiger partial charge in [-0.15, -0.1) is 0 Å². The van der Waals surface area contributed by atoms with Crippen LogP contribution >= 0.6 is 23.2 Å². The van der Waals surface area contributed by atoms with E-state index in [1.165, 1.54) is 32.2 Å². The smallest absolute Gasteiger partial charge is 0.326 e. The molecule has 2 N–H and O–H groups in total. The van der Waals surface area contributed by atoms with Crippen molar-refractivity contribution in [1.29, 1.82) is 0 Å². The summed E-state index contributed by atoms with van der Waals surface area (Å²) in [5.41, 5.74) is 3.67. The largest absolute Gasteiger partial charge is 0.480 e. The van der Waals surface area contributed by atoms with E-state index in [4.69, 9.17) is 28.3 Å². The average molecular weight is 503 g/mol. The second-order valence-corrected chi connectivity index (χ2v) is 9.01. The number of hydrogen-bond acceptors (Lipinski definition) is 3. The number of halogens is 3. The van der Waals surface area contributed by atoms with E-state index in [1.54, 1.807) is 18.2 Å². The minimum absolute atomic E-state index is 0.0513. The minimum Gasteiger partial charge on any atom is -0.480 e. The number of carbonyl (C=O) groups excluding carboxylic acids is 1. The second kappa shape index (κ2) is 10.5. The lowest BCUT2D eigenvalue weighted by molar-refractivity contribution is -0.141. The van der Waals surface area contributed by atoms with Gasteiger partial charge in [0.05, 0.1) is 10.6 Å². The van der Waals surface area contributed by atoms with Crippen molar-refractivity contribution in [2.24, 2.45) is 0 Å². The van der Waals surface area contributed by atoms with Gasteiger partial charge in [0, 0.05) is 29.4 Å². The molecule has 8 heteroatoms. The van der Waals surface area contributed by atoms with E-state index in [1.807, 2.05) is 32.0 Å². The number of benzene rings is 3. The van der Waals surface area contributed by atoms with Crippen molar-refractivity contribution < 1.29 is 19.1 Å². The summed E-state index contributed by atoms with van der Waals surface area (Å²) in [5, 5.41) is 13.3. The highest BCUT2D eigenvalue weighted by Gasteiger charge is 2.24. The SMILES string of the molecule is Cc1cc(C(C)Nc2ccc(F)c(-c3ccc(C(=O)N(C)C(C)C(=O)O)c(Cl)c3)c2)ccc1Cl. The lowest BCUT2D eigenvalue weighted by atomic mass is 10.0. The number of carboxylic acid groups (broad SMARTS) is 1. The fourth-order valence-corrected chi connectivity index (χ4v) is 3.87. The van der Waals surface area contributed by atoms with Crippen molar-refractivity contribution in [1.82, 2.24) is 4.90 Å². The van der Waals surface area contributed by atoms with Gasteiger partial charge in [-0.25, -0.2) is 9.18 Å². The molecule has 0 bridgehead atoms. The van der Waals surface area contributed by atoms with Crippen LogP contribution in [0, 0.1) is 12.7 Å². The van der Waals surface area contributed by atoms with E-state index in [2.05, 4.69) is 5.32 Å². The molecule has 0 aliphatic carbocycles. The predicted molar refractivity (Wildman–Crippen MR) is 134 cm³/mol. The van der Waals surface area contributed by atoms with Gasteiger partial charge >= 0.3 is 5.97 Å². The van der Waals surface area contributed by atoms with E-state index >= 15 is 0 Å². The summed E-state index contributed by atoms with van der Waals surface area (Å²) in [6.45, 7) is 5.34. The van der Waals surface area contributed by atoms with E-state index in [0.717, 1.165) is 16.0 Å². The molecule has 0 spiro atoms. The first-order chi connectivity index (χ1) is 16.0. The summed E-state index contributed by atoms with van der Waals surface area (Å²) >= 11 is 12.5. The van der Waals surface area contributed by atoms with Crippen molar-refractivity contribution >= 4 is 40.8 Å². The summed E-state index contributed by atoms with van der Waals surface area (Å²) in [7, 11) is 1.39. The quantitative estimate of drug-likeness (QED) is 0.371. The van der Waals surface area contributed by atoms with Gasteiger partial charge in [-0.1, -0.05) is 41.4 Å². The Labute approximate surface area is 208 Å². The number of nitrogens with zero attached hydrogens (tertiary/aromatic N) is 1. The third kappa shape index (κ3) is 5.51. The highest BCUT2D eigenvalue weighted by Crippen LogP contribution is 2.32. The normalized spacial score (nSPS) is 12.7. The van der Waals surface area contributed by atoms with Crippen molar-refractivity contribution in [3.8, 4) is 11.1 Å². The number of carboxylic acids is 1. The lowest BCUT2D eigenvalue weighted by Crippen LogP contribution is -2.40. The molecule has 34 heavy (non-hydrogen) atoms. The summed E-state index contributed by atoms with van der Waals surface area (Å²) in [4.78, 5) is 24.9. The van der Waals surface area contributed by atoms with Crippen LogP contribution in [0.5, 0.6) is 0 Å². The van der Waals surface area contributed by atoms with E-state index < -0.39 is 23.7 Å². The van der Waals surface area contributed by atoms with Gasteiger partial charge in [0.15, 0.2) is 0 Å². The molecule has 3 rings (SSSR count). The summed E-state index contributed by atoms with van der Waals surface area (Å²) in [6, 6.07) is 14.0. The Balaban J connectivity index is 1.86. The average Bonchev–Trinajstić information content (AvgIpc) is 2.80. The standard InChI is InChI=1S/C26H25Cl2FN2O3/c1-14-11-17(6-9-22(14)27)15(2)30-19-7-10-24(29)21(13-19)18-5-8-20(23(28)12-18)25(32)31(4)16(3)26(33)34/h5-13,15-16,30H,1-4H3,(H,33,34). The number of aliphatic carboxylic acids is 1. The minimum atomic E-state index is -1.13. The van der Waals surface area contributed by atoms with Crippen LogP contribution in [0.4, 0.5) is 10.1 Å². The van der Waals surface area contributed by atoms with E-state index in [-0.39, 0.29) is 16.6 Å². The Hall–Kier alpha value is -3.09. The number of aryl methyl sites for hydroxylation is 1. The molecule has 1 amide bonds. The molecule has 0 radical (unpaired) electrons. The van der Waals surface area contributed by atoms with Gasteiger partial charge in [0.2, 0.25) is 0 Å². The zero-order chi connectivity index (χ0) is 25.2. The van der Waals surface area contributed by atoms with E-state index in [9.17, 15) is 14.0 Å². The number of hydrogen-bond donors (Lipinski definition) is 2. The van der Waals surface area contributed by atoms with Crippen molar-refractivity contribution in [3.05, 3.63) is 87.2 Å².